The fourth-order valence-corrected chi connectivity index (χ4v) is 3.06. The molecule has 142 valence electrons. The van der Waals surface area contributed by atoms with Gasteiger partial charge in [-0.1, -0.05) is 6.92 Å². The van der Waals surface area contributed by atoms with E-state index in [4.69, 9.17) is 9.47 Å². The molecule has 0 bridgehead atoms. The van der Waals surface area contributed by atoms with E-state index in [-0.39, 0.29) is 6.10 Å². The average Bonchev–Trinajstić information content (AvgIpc) is 2.70. The molecule has 0 aliphatic carbocycles. The minimum absolute atomic E-state index is 0.101. The molecule has 1 aliphatic heterocycles. The van der Waals surface area contributed by atoms with E-state index in [1.807, 2.05) is 25.1 Å². The van der Waals surface area contributed by atoms with Crippen LogP contribution in [0.2, 0.25) is 0 Å². The predicted molar refractivity (Wildman–Crippen MR) is 105 cm³/mol. The average molecular weight is 366 g/mol. The first-order valence-electron chi connectivity index (χ1n) is 9.49. The smallest absolute Gasteiger partial charge is 0.137 e. The molecule has 27 heavy (non-hydrogen) atoms. The zero-order valence-electron chi connectivity index (χ0n) is 16.2. The van der Waals surface area contributed by atoms with Crippen molar-refractivity contribution in [2.75, 3.05) is 18.5 Å². The first-order valence-corrected chi connectivity index (χ1v) is 9.49. The Labute approximate surface area is 160 Å². The van der Waals surface area contributed by atoms with E-state index in [9.17, 15) is 5.26 Å². The van der Waals surface area contributed by atoms with Gasteiger partial charge in [0.25, 0.3) is 0 Å². The van der Waals surface area contributed by atoms with Crippen LogP contribution in [0.15, 0.2) is 24.5 Å². The van der Waals surface area contributed by atoms with Crippen molar-refractivity contribution in [2.24, 2.45) is 0 Å². The standard InChI is InChI=1S/C21H26N4O2/c1-4-14(2)25-21-15(3)20(23-13-24-21)16-5-6-19(17(11-16)12-22)27-18-7-9-26-10-8-18/h5-6,11,13-14,18H,4,7-10H2,1-3H3,(H,23,24,25). The molecule has 3 rings (SSSR count). The summed E-state index contributed by atoms with van der Waals surface area (Å²) in [6, 6.07) is 8.25. The summed E-state index contributed by atoms with van der Waals surface area (Å²) in [4.78, 5) is 8.81. The molecule has 1 atom stereocenters. The van der Waals surface area contributed by atoms with Gasteiger partial charge >= 0.3 is 0 Å². The number of hydrogen-bond donors (Lipinski definition) is 1. The summed E-state index contributed by atoms with van der Waals surface area (Å²) in [6.45, 7) is 7.66. The van der Waals surface area contributed by atoms with E-state index in [2.05, 4.69) is 35.2 Å². The van der Waals surface area contributed by atoms with Crippen LogP contribution in [-0.2, 0) is 4.74 Å². The van der Waals surface area contributed by atoms with Gasteiger partial charge in [-0.25, -0.2) is 9.97 Å². The van der Waals surface area contributed by atoms with Crippen LogP contribution in [0.3, 0.4) is 0 Å². The van der Waals surface area contributed by atoms with Gasteiger partial charge in [-0.2, -0.15) is 5.26 Å². The van der Waals surface area contributed by atoms with Gasteiger partial charge in [0.05, 0.1) is 24.5 Å². The molecule has 1 N–H and O–H groups in total. The fraction of sp³-hybridized carbons (Fsp3) is 0.476. The van der Waals surface area contributed by atoms with E-state index in [0.717, 1.165) is 41.9 Å². The Kier molecular flexibility index (Phi) is 6.25. The molecular weight excluding hydrogens is 340 g/mol. The van der Waals surface area contributed by atoms with Crippen molar-refractivity contribution >= 4 is 5.82 Å². The van der Waals surface area contributed by atoms with Crippen LogP contribution in [0.4, 0.5) is 5.82 Å². The van der Waals surface area contributed by atoms with E-state index in [1.54, 1.807) is 6.33 Å². The molecule has 1 fully saturated rings. The zero-order valence-corrected chi connectivity index (χ0v) is 16.2. The quantitative estimate of drug-likeness (QED) is 0.829. The molecule has 1 saturated heterocycles. The van der Waals surface area contributed by atoms with Gasteiger partial charge in [-0.15, -0.1) is 0 Å². The van der Waals surface area contributed by atoms with E-state index in [1.165, 1.54) is 0 Å². The monoisotopic (exact) mass is 366 g/mol. The zero-order chi connectivity index (χ0) is 19.2. The lowest BCUT2D eigenvalue weighted by atomic mass is 10.0. The summed E-state index contributed by atoms with van der Waals surface area (Å²) in [5, 5.41) is 13.0. The highest BCUT2D eigenvalue weighted by Crippen LogP contribution is 2.30. The van der Waals surface area contributed by atoms with Crippen molar-refractivity contribution in [1.82, 2.24) is 9.97 Å². The van der Waals surface area contributed by atoms with E-state index in [0.29, 0.717) is 30.6 Å². The van der Waals surface area contributed by atoms with Crippen LogP contribution >= 0.6 is 0 Å². The van der Waals surface area contributed by atoms with Gasteiger partial charge in [0.15, 0.2) is 0 Å². The molecule has 0 radical (unpaired) electrons. The van der Waals surface area contributed by atoms with Crippen molar-refractivity contribution in [2.45, 2.75) is 52.2 Å². The SMILES string of the molecule is CCC(C)Nc1ncnc(-c2ccc(OC3CCOCC3)c(C#N)c2)c1C. The molecular formula is C21H26N4O2. The van der Waals surface area contributed by atoms with Crippen LogP contribution in [0.25, 0.3) is 11.3 Å². The van der Waals surface area contributed by atoms with Crippen LogP contribution in [0.1, 0.15) is 44.2 Å². The Morgan fingerprint density at radius 2 is 2.11 bits per heavy atom. The molecule has 1 aromatic heterocycles. The molecule has 2 aromatic rings. The molecule has 1 unspecified atom stereocenters. The summed E-state index contributed by atoms with van der Waals surface area (Å²) in [7, 11) is 0. The van der Waals surface area contributed by atoms with E-state index >= 15 is 0 Å². The van der Waals surface area contributed by atoms with Crippen molar-refractivity contribution in [3.8, 4) is 23.1 Å². The largest absolute Gasteiger partial charge is 0.489 e. The maximum Gasteiger partial charge on any atom is 0.137 e. The number of nitrogens with zero attached hydrogens (tertiary/aromatic N) is 3. The van der Waals surface area contributed by atoms with Gasteiger partial charge in [-0.05, 0) is 38.5 Å². The number of aromatic nitrogens is 2. The number of nitriles is 1. The normalized spacial score (nSPS) is 15.8. The maximum absolute atomic E-state index is 9.59. The van der Waals surface area contributed by atoms with Crippen LogP contribution < -0.4 is 10.1 Å². The summed E-state index contributed by atoms with van der Waals surface area (Å²) in [6.07, 6.45) is 4.37. The maximum atomic E-state index is 9.59. The van der Waals surface area contributed by atoms with Crippen molar-refractivity contribution in [1.29, 1.82) is 5.26 Å². The highest BCUT2D eigenvalue weighted by atomic mass is 16.5. The predicted octanol–water partition coefficient (Wildman–Crippen LogP) is 4.09. The first-order chi connectivity index (χ1) is 13.1. The van der Waals surface area contributed by atoms with Crippen molar-refractivity contribution < 1.29 is 9.47 Å². The summed E-state index contributed by atoms with van der Waals surface area (Å²) >= 11 is 0. The van der Waals surface area contributed by atoms with Gasteiger partial charge in [0.2, 0.25) is 0 Å². The fourth-order valence-electron chi connectivity index (χ4n) is 3.06. The highest BCUT2D eigenvalue weighted by Gasteiger charge is 2.18. The molecule has 1 aliphatic rings. The number of benzene rings is 1. The molecule has 2 heterocycles. The Morgan fingerprint density at radius 3 is 2.81 bits per heavy atom. The third-order valence-corrected chi connectivity index (χ3v) is 4.91. The summed E-state index contributed by atoms with van der Waals surface area (Å²) < 4.78 is 11.4. The van der Waals surface area contributed by atoms with Gasteiger partial charge in [0.1, 0.15) is 30.1 Å². The highest BCUT2D eigenvalue weighted by molar-refractivity contribution is 5.70. The minimum Gasteiger partial charge on any atom is -0.489 e. The third-order valence-electron chi connectivity index (χ3n) is 4.91. The van der Waals surface area contributed by atoms with Gasteiger partial charge in [0, 0.05) is 30.0 Å². The molecule has 0 amide bonds. The first kappa shape index (κ1) is 19.1. The second kappa shape index (κ2) is 8.83. The Balaban J connectivity index is 1.87. The molecule has 0 saturated carbocycles. The molecule has 6 nitrogen and oxygen atoms in total. The Morgan fingerprint density at radius 1 is 1.33 bits per heavy atom. The number of nitrogens with one attached hydrogen (secondary N) is 1. The Hall–Kier alpha value is -2.65. The Bertz CT molecular complexity index is 825. The van der Waals surface area contributed by atoms with Gasteiger partial charge < -0.3 is 14.8 Å². The van der Waals surface area contributed by atoms with Gasteiger partial charge in [-0.3, -0.25) is 0 Å². The second-order valence-corrected chi connectivity index (χ2v) is 6.90. The minimum atomic E-state index is 0.101. The number of rotatable bonds is 6. The molecule has 1 aromatic carbocycles. The summed E-state index contributed by atoms with van der Waals surface area (Å²) in [5.74, 6) is 1.45. The van der Waals surface area contributed by atoms with E-state index < -0.39 is 0 Å². The van der Waals surface area contributed by atoms with Crippen molar-refractivity contribution in [3.63, 3.8) is 0 Å². The lowest BCUT2D eigenvalue weighted by Crippen LogP contribution is -2.26. The lowest BCUT2D eigenvalue weighted by Gasteiger charge is -2.24. The topological polar surface area (TPSA) is 80.1 Å². The van der Waals surface area contributed by atoms with Crippen molar-refractivity contribution in [3.05, 3.63) is 35.7 Å². The van der Waals surface area contributed by atoms with Crippen LogP contribution in [0.5, 0.6) is 5.75 Å². The molecule has 0 spiro atoms. The molecule has 6 heteroatoms. The van der Waals surface area contributed by atoms with Crippen LogP contribution in [0, 0.1) is 18.3 Å². The number of anilines is 1. The second-order valence-electron chi connectivity index (χ2n) is 6.90. The lowest BCUT2D eigenvalue weighted by molar-refractivity contribution is 0.0254. The number of hydrogen-bond acceptors (Lipinski definition) is 6. The van der Waals surface area contributed by atoms with Crippen LogP contribution in [-0.4, -0.2) is 35.3 Å². The number of ether oxygens (including phenoxy) is 2. The third kappa shape index (κ3) is 4.55. The summed E-state index contributed by atoms with van der Waals surface area (Å²) in [5.41, 5.74) is 3.20.